The van der Waals surface area contributed by atoms with Crippen LogP contribution in [-0.4, -0.2) is 89.8 Å². The Hall–Kier alpha value is -2.19. The minimum Gasteiger partial charge on any atom is -0.493 e. The van der Waals surface area contributed by atoms with Crippen LogP contribution in [0, 0.1) is 3.57 Å². The molecule has 38 heavy (non-hydrogen) atoms. The summed E-state index contributed by atoms with van der Waals surface area (Å²) in [5.74, 6) is 0.0365. The van der Waals surface area contributed by atoms with Crippen LogP contribution >= 0.6 is 22.6 Å². The Labute approximate surface area is 236 Å². The van der Waals surface area contributed by atoms with E-state index in [2.05, 4.69) is 27.9 Å². The second-order valence-corrected chi connectivity index (χ2v) is 10.4. The molecule has 4 N–H and O–H groups in total. The lowest BCUT2D eigenvalue weighted by atomic mass is 9.87. The standard InChI is InChI=1S/C27H37IN2O8/c1-3-4-7-24(33)30(15-19-6-5-10-37-19)21-13-18(27(35)29-8-9-31)14-22(25(21)34)38-26-20(28)11-17(16-32)12-23(26)36-2/h4,7,11-12,14,19,21-22,25,31-32,34H,3,5-6,8-10,13,15-16H2,1-2H3,(H,29,35)/t19-,21+,22-,25-/m0/s1. The summed E-state index contributed by atoms with van der Waals surface area (Å²) < 4.78 is 18.2. The molecule has 10 nitrogen and oxygen atoms in total. The summed E-state index contributed by atoms with van der Waals surface area (Å²) >= 11 is 2.06. The number of hydrogen-bond acceptors (Lipinski definition) is 8. The molecule has 0 radical (unpaired) electrons. The van der Waals surface area contributed by atoms with Gasteiger partial charge in [0.2, 0.25) is 11.8 Å². The van der Waals surface area contributed by atoms with Crippen molar-refractivity contribution < 1.29 is 39.1 Å². The minimum atomic E-state index is -1.16. The van der Waals surface area contributed by atoms with E-state index in [-0.39, 0.29) is 44.7 Å². The molecule has 1 heterocycles. The summed E-state index contributed by atoms with van der Waals surface area (Å²) in [6.45, 7) is 2.49. The van der Waals surface area contributed by atoms with Gasteiger partial charge in [0.15, 0.2) is 11.5 Å². The Morgan fingerprint density at radius 2 is 2.11 bits per heavy atom. The maximum absolute atomic E-state index is 13.3. The van der Waals surface area contributed by atoms with E-state index in [9.17, 15) is 24.9 Å². The molecule has 2 amide bonds. The predicted molar refractivity (Wildman–Crippen MR) is 149 cm³/mol. The number of halogens is 1. The summed E-state index contributed by atoms with van der Waals surface area (Å²) in [6.07, 6.45) is 4.97. The Morgan fingerprint density at radius 3 is 2.74 bits per heavy atom. The van der Waals surface area contributed by atoms with Crippen LogP contribution in [0.15, 0.2) is 35.9 Å². The third-order valence-corrected chi connectivity index (χ3v) is 7.35. The molecular weight excluding hydrogens is 607 g/mol. The maximum atomic E-state index is 13.3. The van der Waals surface area contributed by atoms with Gasteiger partial charge in [-0.15, -0.1) is 0 Å². The fourth-order valence-corrected chi connectivity index (χ4v) is 5.40. The molecule has 1 aliphatic heterocycles. The third kappa shape index (κ3) is 7.69. The van der Waals surface area contributed by atoms with E-state index in [4.69, 9.17) is 14.2 Å². The number of carbonyl (C=O) groups excluding carboxylic acids is 2. The molecule has 1 saturated heterocycles. The zero-order chi connectivity index (χ0) is 27.7. The molecule has 210 valence electrons. The van der Waals surface area contributed by atoms with Gasteiger partial charge in [-0.1, -0.05) is 13.0 Å². The molecule has 4 atom stereocenters. The predicted octanol–water partition coefficient (Wildman–Crippen LogP) is 1.68. The van der Waals surface area contributed by atoms with E-state index < -0.39 is 24.2 Å². The molecule has 11 heteroatoms. The van der Waals surface area contributed by atoms with Crippen molar-refractivity contribution in [2.24, 2.45) is 0 Å². The van der Waals surface area contributed by atoms with Gasteiger partial charge in [-0.3, -0.25) is 9.59 Å². The highest BCUT2D eigenvalue weighted by Gasteiger charge is 2.41. The van der Waals surface area contributed by atoms with Crippen LogP contribution in [0.4, 0.5) is 0 Å². The van der Waals surface area contributed by atoms with Gasteiger partial charge in [0.25, 0.3) is 0 Å². The van der Waals surface area contributed by atoms with Crippen molar-refractivity contribution in [3.8, 4) is 11.5 Å². The topological polar surface area (TPSA) is 138 Å². The molecule has 1 fully saturated rings. The lowest BCUT2D eigenvalue weighted by Gasteiger charge is -2.41. The van der Waals surface area contributed by atoms with Gasteiger partial charge in [0.05, 0.1) is 36.0 Å². The van der Waals surface area contributed by atoms with Gasteiger partial charge in [0, 0.05) is 31.7 Å². The number of amides is 2. The second-order valence-electron chi connectivity index (χ2n) is 9.22. The van der Waals surface area contributed by atoms with Crippen LogP contribution < -0.4 is 14.8 Å². The first-order valence-electron chi connectivity index (χ1n) is 12.8. The first-order valence-corrected chi connectivity index (χ1v) is 13.9. The van der Waals surface area contributed by atoms with E-state index in [1.165, 1.54) is 13.2 Å². The van der Waals surface area contributed by atoms with Crippen LogP contribution in [0.1, 0.15) is 38.2 Å². The van der Waals surface area contributed by atoms with Gasteiger partial charge in [-0.25, -0.2) is 0 Å². The van der Waals surface area contributed by atoms with Gasteiger partial charge < -0.3 is 39.7 Å². The molecular formula is C27H37IN2O8. The fraction of sp³-hybridized carbons (Fsp3) is 0.556. The summed E-state index contributed by atoms with van der Waals surface area (Å²) in [6, 6.07) is 2.62. The molecule has 0 aromatic heterocycles. The number of carbonyl (C=O) groups is 2. The Kier molecular flexibility index (Phi) is 11.8. The molecule has 1 aromatic rings. The molecule has 0 spiro atoms. The Bertz CT molecular complexity index is 1020. The lowest BCUT2D eigenvalue weighted by molar-refractivity contribution is -0.135. The van der Waals surface area contributed by atoms with Gasteiger partial charge >= 0.3 is 0 Å². The minimum absolute atomic E-state index is 0.0705. The van der Waals surface area contributed by atoms with E-state index in [1.54, 1.807) is 29.2 Å². The van der Waals surface area contributed by atoms with Gasteiger partial charge in [-0.05, 0) is 71.7 Å². The molecule has 3 rings (SSSR count). The molecule has 0 unspecified atom stereocenters. The van der Waals surface area contributed by atoms with Crippen LogP contribution in [0.2, 0.25) is 0 Å². The van der Waals surface area contributed by atoms with Gasteiger partial charge in [0.1, 0.15) is 12.2 Å². The number of nitrogens with one attached hydrogen (secondary N) is 1. The van der Waals surface area contributed by atoms with Crippen molar-refractivity contribution in [2.75, 3.05) is 33.4 Å². The fourth-order valence-electron chi connectivity index (χ4n) is 4.61. The zero-order valence-corrected chi connectivity index (χ0v) is 23.9. The van der Waals surface area contributed by atoms with Crippen LogP contribution in [0.3, 0.4) is 0 Å². The Morgan fingerprint density at radius 1 is 1.32 bits per heavy atom. The van der Waals surface area contributed by atoms with Crippen molar-refractivity contribution in [2.45, 2.75) is 63.6 Å². The smallest absolute Gasteiger partial charge is 0.247 e. The van der Waals surface area contributed by atoms with Crippen molar-refractivity contribution in [1.82, 2.24) is 10.2 Å². The Balaban J connectivity index is 1.99. The molecule has 1 aromatic carbocycles. The number of hydrogen-bond donors (Lipinski definition) is 4. The number of aliphatic hydroxyl groups is 3. The van der Waals surface area contributed by atoms with Crippen molar-refractivity contribution in [3.05, 3.63) is 45.1 Å². The number of aliphatic hydroxyl groups excluding tert-OH is 3. The molecule has 0 saturated carbocycles. The first-order chi connectivity index (χ1) is 18.3. The number of benzene rings is 1. The van der Waals surface area contributed by atoms with Crippen LogP contribution in [-0.2, 0) is 20.9 Å². The summed E-state index contributed by atoms with van der Waals surface area (Å²) in [5.41, 5.74) is 0.973. The largest absolute Gasteiger partial charge is 0.493 e. The quantitative estimate of drug-likeness (QED) is 0.199. The van der Waals surface area contributed by atoms with Crippen molar-refractivity contribution in [1.29, 1.82) is 0 Å². The highest BCUT2D eigenvalue weighted by Crippen LogP contribution is 2.37. The number of nitrogens with zero attached hydrogens (tertiary/aromatic N) is 1. The molecule has 1 aliphatic carbocycles. The van der Waals surface area contributed by atoms with E-state index in [1.807, 2.05) is 6.92 Å². The lowest BCUT2D eigenvalue weighted by Crippen LogP contribution is -2.56. The zero-order valence-electron chi connectivity index (χ0n) is 21.8. The number of ether oxygens (including phenoxy) is 3. The maximum Gasteiger partial charge on any atom is 0.247 e. The summed E-state index contributed by atoms with van der Waals surface area (Å²) in [7, 11) is 1.48. The second kappa shape index (κ2) is 14.8. The number of allylic oxidation sites excluding steroid dienone is 1. The first kappa shape index (κ1) is 30.4. The third-order valence-electron chi connectivity index (χ3n) is 6.54. The number of methoxy groups -OCH3 is 1. The normalized spacial score (nSPS) is 23.3. The SMILES string of the molecule is CCC=CC(=O)N(C[C@@H]1CCCO1)[C@@H]1CC(C(=O)NCCO)=C[C@H](Oc2c(I)cc(CO)cc2OC)[C@H]1O. The highest BCUT2D eigenvalue weighted by atomic mass is 127. The van der Waals surface area contributed by atoms with E-state index in [0.29, 0.717) is 39.2 Å². The summed E-state index contributed by atoms with van der Waals surface area (Å²) in [4.78, 5) is 27.8. The van der Waals surface area contributed by atoms with Crippen molar-refractivity contribution >= 4 is 34.4 Å². The summed E-state index contributed by atoms with van der Waals surface area (Å²) in [5, 5.41) is 33.0. The van der Waals surface area contributed by atoms with Crippen molar-refractivity contribution in [3.63, 3.8) is 0 Å². The number of rotatable bonds is 12. The monoisotopic (exact) mass is 644 g/mol. The molecule has 0 bridgehead atoms. The average molecular weight is 645 g/mol. The van der Waals surface area contributed by atoms with E-state index in [0.717, 1.165) is 12.8 Å². The van der Waals surface area contributed by atoms with Crippen LogP contribution in [0.5, 0.6) is 11.5 Å². The van der Waals surface area contributed by atoms with Gasteiger partial charge in [-0.2, -0.15) is 0 Å². The average Bonchev–Trinajstić information content (AvgIpc) is 3.44. The van der Waals surface area contributed by atoms with Crippen LogP contribution in [0.25, 0.3) is 0 Å². The highest BCUT2D eigenvalue weighted by molar-refractivity contribution is 14.1. The molecule has 2 aliphatic rings. The van der Waals surface area contributed by atoms with E-state index >= 15 is 0 Å².